The predicted molar refractivity (Wildman–Crippen MR) is 68.6 cm³/mol. The minimum atomic E-state index is -3.51. The number of rotatable bonds is 7. The summed E-state index contributed by atoms with van der Waals surface area (Å²) >= 11 is 5.59. The number of halogens is 1. The number of alkyl halides is 1. The Morgan fingerprint density at radius 1 is 1.18 bits per heavy atom. The molecular formula is C9H18ClNO4S2. The van der Waals surface area contributed by atoms with Gasteiger partial charge in [-0.3, -0.25) is 0 Å². The lowest BCUT2D eigenvalue weighted by molar-refractivity contribution is 0.228. The fourth-order valence-electron chi connectivity index (χ4n) is 1.68. The third-order valence-electron chi connectivity index (χ3n) is 2.86. The van der Waals surface area contributed by atoms with Crippen LogP contribution in [0.25, 0.3) is 0 Å². The lowest BCUT2D eigenvalue weighted by Crippen LogP contribution is -2.46. The highest BCUT2D eigenvalue weighted by atomic mass is 35.5. The zero-order chi connectivity index (χ0) is 13.1. The van der Waals surface area contributed by atoms with Gasteiger partial charge in [0.05, 0.1) is 11.5 Å². The maximum absolute atomic E-state index is 12.0. The van der Waals surface area contributed by atoms with Crippen LogP contribution in [0.4, 0.5) is 0 Å². The Morgan fingerprint density at radius 2 is 1.76 bits per heavy atom. The van der Waals surface area contributed by atoms with Gasteiger partial charge in [0.15, 0.2) is 0 Å². The Labute approximate surface area is 108 Å². The second-order valence-electron chi connectivity index (χ2n) is 4.33. The third-order valence-corrected chi connectivity index (χ3v) is 6.14. The summed E-state index contributed by atoms with van der Waals surface area (Å²) in [6, 6.07) is 0.0123. The highest BCUT2D eigenvalue weighted by Gasteiger charge is 2.33. The molecule has 1 aliphatic rings. The van der Waals surface area contributed by atoms with E-state index in [9.17, 15) is 16.8 Å². The molecule has 0 N–H and O–H groups in total. The normalized spacial score (nSPS) is 18.3. The van der Waals surface area contributed by atoms with Gasteiger partial charge in [-0.2, -0.15) is 4.31 Å². The van der Waals surface area contributed by atoms with Gasteiger partial charge in [-0.25, -0.2) is 16.8 Å². The zero-order valence-corrected chi connectivity index (χ0v) is 12.2. The van der Waals surface area contributed by atoms with Crippen molar-refractivity contribution in [3.63, 3.8) is 0 Å². The highest BCUT2D eigenvalue weighted by molar-refractivity contribution is 7.93. The van der Waals surface area contributed by atoms with Crippen molar-refractivity contribution < 1.29 is 16.8 Å². The SMILES string of the molecule is CS(=O)(=O)CCS(=O)(=O)N(CCCl)C1CCC1. The summed E-state index contributed by atoms with van der Waals surface area (Å²) in [6.07, 6.45) is 3.74. The first kappa shape index (κ1) is 15.2. The highest BCUT2D eigenvalue weighted by Crippen LogP contribution is 2.27. The maximum atomic E-state index is 12.0. The molecule has 1 fully saturated rings. The molecule has 1 saturated carbocycles. The van der Waals surface area contributed by atoms with Crippen molar-refractivity contribution in [2.24, 2.45) is 0 Å². The van der Waals surface area contributed by atoms with Crippen LogP contribution < -0.4 is 0 Å². The van der Waals surface area contributed by atoms with Gasteiger partial charge in [-0.05, 0) is 12.8 Å². The van der Waals surface area contributed by atoms with Crippen LogP contribution in [0, 0.1) is 0 Å². The summed E-state index contributed by atoms with van der Waals surface area (Å²) in [4.78, 5) is 0. The van der Waals surface area contributed by atoms with Crippen LogP contribution in [0.3, 0.4) is 0 Å². The molecule has 0 atom stereocenters. The summed E-state index contributed by atoms with van der Waals surface area (Å²) < 4.78 is 47.4. The quantitative estimate of drug-likeness (QED) is 0.640. The first-order chi connectivity index (χ1) is 7.76. The van der Waals surface area contributed by atoms with Gasteiger partial charge < -0.3 is 0 Å². The van der Waals surface area contributed by atoms with Gasteiger partial charge >= 0.3 is 0 Å². The molecule has 0 aromatic rings. The first-order valence-electron chi connectivity index (χ1n) is 5.49. The number of nitrogens with zero attached hydrogens (tertiary/aromatic N) is 1. The van der Waals surface area contributed by atoms with Gasteiger partial charge in [-0.1, -0.05) is 6.42 Å². The van der Waals surface area contributed by atoms with Gasteiger partial charge in [0.2, 0.25) is 10.0 Å². The van der Waals surface area contributed by atoms with E-state index < -0.39 is 19.9 Å². The Morgan fingerprint density at radius 3 is 2.12 bits per heavy atom. The zero-order valence-electron chi connectivity index (χ0n) is 9.80. The molecule has 1 aliphatic carbocycles. The average Bonchev–Trinajstić information content (AvgIpc) is 2.10. The predicted octanol–water partition coefficient (Wildman–Crippen LogP) is 0.454. The van der Waals surface area contributed by atoms with Crippen LogP contribution in [0.15, 0.2) is 0 Å². The number of hydrogen-bond acceptors (Lipinski definition) is 4. The van der Waals surface area contributed by atoms with E-state index in [1.54, 1.807) is 0 Å². The molecule has 5 nitrogen and oxygen atoms in total. The van der Waals surface area contributed by atoms with Crippen molar-refractivity contribution in [1.82, 2.24) is 4.31 Å². The van der Waals surface area contributed by atoms with Crippen LogP contribution in [0.5, 0.6) is 0 Å². The lowest BCUT2D eigenvalue weighted by atomic mass is 9.93. The van der Waals surface area contributed by atoms with Gasteiger partial charge in [-0.15, -0.1) is 11.6 Å². The van der Waals surface area contributed by atoms with E-state index in [0.717, 1.165) is 25.5 Å². The molecule has 0 aromatic carbocycles. The van der Waals surface area contributed by atoms with E-state index in [0.29, 0.717) is 0 Å². The van der Waals surface area contributed by atoms with Gasteiger partial charge in [0.1, 0.15) is 9.84 Å². The molecule has 0 aliphatic heterocycles. The molecule has 1 rings (SSSR count). The van der Waals surface area contributed by atoms with Crippen molar-refractivity contribution in [1.29, 1.82) is 0 Å². The summed E-state index contributed by atoms with van der Waals surface area (Å²) in [7, 11) is -6.77. The third kappa shape index (κ3) is 4.73. The van der Waals surface area contributed by atoms with Crippen LogP contribution in [-0.2, 0) is 19.9 Å². The lowest BCUT2D eigenvalue weighted by Gasteiger charge is -2.36. The van der Waals surface area contributed by atoms with E-state index in [2.05, 4.69) is 0 Å². The Bertz CT molecular complexity index is 442. The van der Waals surface area contributed by atoms with Gasteiger partial charge in [0, 0.05) is 24.7 Å². The topological polar surface area (TPSA) is 71.5 Å². The molecule has 0 spiro atoms. The molecule has 102 valence electrons. The van der Waals surface area contributed by atoms with Gasteiger partial charge in [0.25, 0.3) is 0 Å². The van der Waals surface area contributed by atoms with E-state index in [1.807, 2.05) is 0 Å². The summed E-state index contributed by atoms with van der Waals surface area (Å²) in [5.74, 6) is -0.450. The molecule has 0 unspecified atom stereocenters. The van der Waals surface area contributed by atoms with E-state index in [-0.39, 0.29) is 30.0 Å². The molecule has 0 saturated heterocycles. The van der Waals surface area contributed by atoms with Crippen molar-refractivity contribution in [3.05, 3.63) is 0 Å². The molecule has 0 bridgehead atoms. The molecule has 17 heavy (non-hydrogen) atoms. The van der Waals surface area contributed by atoms with E-state index in [1.165, 1.54) is 4.31 Å². The molecular weight excluding hydrogens is 286 g/mol. The molecule has 0 amide bonds. The van der Waals surface area contributed by atoms with Crippen molar-refractivity contribution in [2.45, 2.75) is 25.3 Å². The standard InChI is InChI=1S/C9H18ClNO4S2/c1-16(12,13)7-8-17(14,15)11(6-5-10)9-3-2-4-9/h9H,2-8H2,1H3. The minimum absolute atomic E-state index is 0.0123. The summed E-state index contributed by atoms with van der Waals surface area (Å²) in [5.41, 5.74) is 0. The largest absolute Gasteiger partial charge is 0.229 e. The number of hydrogen-bond donors (Lipinski definition) is 0. The monoisotopic (exact) mass is 303 g/mol. The fraction of sp³-hybridized carbons (Fsp3) is 1.00. The van der Waals surface area contributed by atoms with E-state index >= 15 is 0 Å². The minimum Gasteiger partial charge on any atom is -0.229 e. The van der Waals surface area contributed by atoms with Crippen LogP contribution >= 0.6 is 11.6 Å². The van der Waals surface area contributed by atoms with Crippen molar-refractivity contribution in [3.8, 4) is 0 Å². The molecule has 0 heterocycles. The molecule has 0 aromatic heterocycles. The average molecular weight is 304 g/mol. The second-order valence-corrected chi connectivity index (χ2v) is 9.01. The Balaban J connectivity index is 2.70. The van der Waals surface area contributed by atoms with Crippen molar-refractivity contribution >= 4 is 31.5 Å². The molecule has 8 heteroatoms. The summed E-state index contributed by atoms with van der Waals surface area (Å²) in [6.45, 7) is 0.262. The van der Waals surface area contributed by atoms with Crippen LogP contribution in [-0.4, -0.2) is 57.4 Å². The number of sulfonamides is 1. The van der Waals surface area contributed by atoms with Crippen LogP contribution in [0.2, 0.25) is 0 Å². The maximum Gasteiger partial charge on any atom is 0.215 e. The summed E-state index contributed by atoms with van der Waals surface area (Å²) in [5, 5.41) is 0. The second kappa shape index (κ2) is 5.86. The smallest absolute Gasteiger partial charge is 0.215 e. The van der Waals surface area contributed by atoms with Crippen molar-refractivity contribution in [2.75, 3.05) is 30.2 Å². The number of sulfone groups is 1. The molecule has 0 radical (unpaired) electrons. The fourth-order valence-corrected chi connectivity index (χ4v) is 5.29. The first-order valence-corrected chi connectivity index (χ1v) is 9.70. The van der Waals surface area contributed by atoms with Crippen LogP contribution in [0.1, 0.15) is 19.3 Å². The Hall–Kier alpha value is 0.150. The van der Waals surface area contributed by atoms with E-state index in [4.69, 9.17) is 11.6 Å². The Kier molecular flexibility index (Phi) is 5.24.